The molecule has 0 amide bonds. The first kappa shape index (κ1) is 13.6. The van der Waals surface area contributed by atoms with E-state index in [9.17, 15) is 4.79 Å². The van der Waals surface area contributed by atoms with Crippen molar-refractivity contribution in [1.29, 1.82) is 0 Å². The van der Waals surface area contributed by atoms with Crippen molar-refractivity contribution < 1.29 is 9.90 Å². The predicted octanol–water partition coefficient (Wildman–Crippen LogP) is 3.18. The summed E-state index contributed by atoms with van der Waals surface area (Å²) in [6.07, 6.45) is 3.88. The molecule has 4 nitrogen and oxygen atoms in total. The number of benzene rings is 1. The molecule has 0 bridgehead atoms. The van der Waals surface area contributed by atoms with Gasteiger partial charge in [0.2, 0.25) is 0 Å². The number of rotatable bonds is 4. The van der Waals surface area contributed by atoms with Gasteiger partial charge in [0.15, 0.2) is 0 Å². The number of imidazole rings is 1. The fourth-order valence-corrected chi connectivity index (χ4v) is 1.95. The molecule has 0 fully saturated rings. The number of hydrogen-bond donors (Lipinski definition) is 1. The van der Waals surface area contributed by atoms with Crippen LogP contribution in [0.2, 0.25) is 5.02 Å². The molecule has 0 saturated heterocycles. The zero-order chi connectivity index (χ0) is 14.0. The topological polar surface area (TPSA) is 55.1 Å². The third-order valence-electron chi connectivity index (χ3n) is 2.94. The molecule has 0 saturated carbocycles. The number of aromatic nitrogens is 2. The van der Waals surface area contributed by atoms with E-state index in [1.54, 1.807) is 26.2 Å². The van der Waals surface area contributed by atoms with E-state index in [1.165, 1.54) is 0 Å². The lowest BCUT2D eigenvalue weighted by Gasteiger charge is -2.16. The second-order valence-corrected chi connectivity index (χ2v) is 5.55. The number of nitrogens with zero attached hydrogens (tertiary/aromatic N) is 2. The lowest BCUT2D eigenvalue weighted by Crippen LogP contribution is -2.26. The molecule has 0 aliphatic carbocycles. The summed E-state index contributed by atoms with van der Waals surface area (Å²) in [5, 5.41) is 9.76. The van der Waals surface area contributed by atoms with Gasteiger partial charge in [-0.25, -0.2) is 4.98 Å². The number of carboxylic acid groups (broad SMARTS) is 1. The van der Waals surface area contributed by atoms with Crippen LogP contribution >= 0.6 is 11.6 Å². The van der Waals surface area contributed by atoms with Crippen LogP contribution in [-0.2, 0) is 11.2 Å². The molecule has 0 aliphatic heterocycles. The van der Waals surface area contributed by atoms with Crippen LogP contribution in [0.5, 0.6) is 0 Å². The fraction of sp³-hybridized carbons (Fsp3) is 0.286. The van der Waals surface area contributed by atoms with Gasteiger partial charge >= 0.3 is 5.97 Å². The van der Waals surface area contributed by atoms with E-state index < -0.39 is 11.4 Å². The summed E-state index contributed by atoms with van der Waals surface area (Å²) in [5.74, 6) is -0.829. The number of carbonyl (C=O) groups is 1. The first-order valence-corrected chi connectivity index (χ1v) is 6.28. The van der Waals surface area contributed by atoms with E-state index in [-0.39, 0.29) is 0 Å². The smallest absolute Gasteiger partial charge is 0.309 e. The molecule has 0 aliphatic rings. The van der Waals surface area contributed by atoms with E-state index in [2.05, 4.69) is 4.98 Å². The Hall–Kier alpha value is -1.81. The van der Waals surface area contributed by atoms with Gasteiger partial charge < -0.3 is 9.67 Å². The molecule has 19 heavy (non-hydrogen) atoms. The SMILES string of the molecule is CC(C)(Cc1cn(-c2cccc(Cl)c2)cn1)C(=O)O. The van der Waals surface area contributed by atoms with Crippen molar-refractivity contribution in [3.8, 4) is 5.69 Å². The molecule has 1 aromatic heterocycles. The molecule has 5 heteroatoms. The molecule has 1 N–H and O–H groups in total. The maximum atomic E-state index is 11.1. The minimum atomic E-state index is -0.829. The highest BCUT2D eigenvalue weighted by molar-refractivity contribution is 6.30. The van der Waals surface area contributed by atoms with Crippen molar-refractivity contribution in [2.45, 2.75) is 20.3 Å². The second kappa shape index (κ2) is 5.05. The molecular formula is C14H15ClN2O2. The van der Waals surface area contributed by atoms with Crippen molar-refractivity contribution in [3.63, 3.8) is 0 Å². The monoisotopic (exact) mass is 278 g/mol. The second-order valence-electron chi connectivity index (χ2n) is 5.12. The average Bonchev–Trinajstić information content (AvgIpc) is 2.76. The highest BCUT2D eigenvalue weighted by Gasteiger charge is 2.28. The maximum absolute atomic E-state index is 11.1. The largest absolute Gasteiger partial charge is 0.481 e. The normalized spacial score (nSPS) is 11.5. The van der Waals surface area contributed by atoms with Crippen LogP contribution in [0.4, 0.5) is 0 Å². The first-order chi connectivity index (χ1) is 8.88. The van der Waals surface area contributed by atoms with Gasteiger partial charge in [-0.3, -0.25) is 4.79 Å². The molecular weight excluding hydrogens is 264 g/mol. The van der Waals surface area contributed by atoms with Gasteiger partial charge in [-0.15, -0.1) is 0 Å². The molecule has 0 unspecified atom stereocenters. The number of aliphatic carboxylic acids is 1. The predicted molar refractivity (Wildman–Crippen MR) is 73.7 cm³/mol. The minimum Gasteiger partial charge on any atom is -0.481 e. The standard InChI is InChI=1S/C14H15ClN2O2/c1-14(2,13(18)19)7-11-8-17(9-16-11)12-5-3-4-10(15)6-12/h3-6,8-9H,7H2,1-2H3,(H,18,19). The Morgan fingerprint density at radius 1 is 1.47 bits per heavy atom. The Morgan fingerprint density at radius 3 is 2.84 bits per heavy atom. The number of halogens is 1. The molecule has 1 aromatic carbocycles. The zero-order valence-corrected chi connectivity index (χ0v) is 11.6. The summed E-state index contributed by atoms with van der Waals surface area (Å²) in [4.78, 5) is 15.3. The third kappa shape index (κ3) is 3.15. The Kier molecular flexibility index (Phi) is 3.62. The summed E-state index contributed by atoms with van der Waals surface area (Å²) < 4.78 is 1.83. The highest BCUT2D eigenvalue weighted by atomic mass is 35.5. The maximum Gasteiger partial charge on any atom is 0.309 e. The molecule has 2 aromatic rings. The van der Waals surface area contributed by atoms with Crippen LogP contribution < -0.4 is 0 Å². The third-order valence-corrected chi connectivity index (χ3v) is 3.18. The van der Waals surface area contributed by atoms with E-state index in [1.807, 2.05) is 29.0 Å². The first-order valence-electron chi connectivity index (χ1n) is 5.91. The fourth-order valence-electron chi connectivity index (χ4n) is 1.76. The molecule has 1 heterocycles. The Morgan fingerprint density at radius 2 is 2.21 bits per heavy atom. The summed E-state index contributed by atoms with van der Waals surface area (Å²) in [5.41, 5.74) is 0.819. The Balaban J connectivity index is 2.23. The Labute approximate surface area is 116 Å². The number of hydrogen-bond acceptors (Lipinski definition) is 2. The summed E-state index contributed by atoms with van der Waals surface area (Å²) >= 11 is 5.94. The van der Waals surface area contributed by atoms with Crippen molar-refractivity contribution >= 4 is 17.6 Å². The van der Waals surface area contributed by atoms with Crippen LogP contribution in [0.25, 0.3) is 5.69 Å². The van der Waals surface area contributed by atoms with Crippen molar-refractivity contribution in [3.05, 3.63) is 47.5 Å². The summed E-state index contributed by atoms with van der Waals surface area (Å²) in [6.45, 7) is 3.38. The molecule has 0 radical (unpaired) electrons. The molecule has 0 spiro atoms. The van der Waals surface area contributed by atoms with E-state index in [0.717, 1.165) is 11.4 Å². The van der Waals surface area contributed by atoms with Gasteiger partial charge in [-0.2, -0.15) is 0 Å². The molecule has 100 valence electrons. The van der Waals surface area contributed by atoms with Gasteiger partial charge in [0.05, 0.1) is 17.4 Å². The van der Waals surface area contributed by atoms with Crippen molar-refractivity contribution in [2.75, 3.05) is 0 Å². The van der Waals surface area contributed by atoms with E-state index in [4.69, 9.17) is 16.7 Å². The lowest BCUT2D eigenvalue weighted by atomic mass is 9.88. The average molecular weight is 279 g/mol. The lowest BCUT2D eigenvalue weighted by molar-refractivity contribution is -0.146. The van der Waals surface area contributed by atoms with Crippen LogP contribution in [0.1, 0.15) is 19.5 Å². The molecule has 2 rings (SSSR count). The Bertz CT molecular complexity index is 605. The van der Waals surface area contributed by atoms with Gasteiger partial charge in [0.25, 0.3) is 0 Å². The van der Waals surface area contributed by atoms with Crippen LogP contribution in [0.15, 0.2) is 36.8 Å². The highest BCUT2D eigenvalue weighted by Crippen LogP contribution is 2.22. The number of carboxylic acids is 1. The van der Waals surface area contributed by atoms with Gasteiger partial charge in [0.1, 0.15) is 0 Å². The van der Waals surface area contributed by atoms with Crippen LogP contribution in [-0.4, -0.2) is 20.6 Å². The van der Waals surface area contributed by atoms with E-state index in [0.29, 0.717) is 11.4 Å². The van der Waals surface area contributed by atoms with Crippen LogP contribution in [0.3, 0.4) is 0 Å². The van der Waals surface area contributed by atoms with Gasteiger partial charge in [0, 0.05) is 23.3 Å². The summed E-state index contributed by atoms with van der Waals surface area (Å²) in [7, 11) is 0. The van der Waals surface area contributed by atoms with E-state index >= 15 is 0 Å². The van der Waals surface area contributed by atoms with Gasteiger partial charge in [-0.1, -0.05) is 17.7 Å². The minimum absolute atomic E-state index is 0.385. The summed E-state index contributed by atoms with van der Waals surface area (Å²) in [6, 6.07) is 7.41. The van der Waals surface area contributed by atoms with Crippen molar-refractivity contribution in [2.24, 2.45) is 5.41 Å². The van der Waals surface area contributed by atoms with Crippen LogP contribution in [0, 0.1) is 5.41 Å². The quantitative estimate of drug-likeness (QED) is 0.934. The molecule has 0 atom stereocenters. The zero-order valence-electron chi connectivity index (χ0n) is 10.8. The van der Waals surface area contributed by atoms with Crippen molar-refractivity contribution in [1.82, 2.24) is 9.55 Å². The van der Waals surface area contributed by atoms with Gasteiger partial charge in [-0.05, 0) is 32.0 Å².